The fraction of sp³-hybridized carbons (Fsp3) is 0.219. The molecule has 0 saturated carbocycles. The lowest BCUT2D eigenvalue weighted by Crippen LogP contribution is -2.67. The molecule has 7 rings (SSSR count). The zero-order chi connectivity index (χ0) is 48.6. The molecule has 0 aliphatic heterocycles. The van der Waals surface area contributed by atoms with Crippen LogP contribution < -0.4 is 36.7 Å². The summed E-state index contributed by atoms with van der Waals surface area (Å²) in [7, 11) is -7.63. The van der Waals surface area contributed by atoms with E-state index in [1.165, 1.54) is 36.7 Å². The molecule has 0 bridgehead atoms. The molecule has 69 heavy (non-hydrogen) atoms. The fourth-order valence-electron chi connectivity index (χ4n) is 10.0. The van der Waals surface area contributed by atoms with E-state index < -0.39 is 23.9 Å². The Balaban J connectivity index is 1.23. The first-order chi connectivity index (χ1) is 33.5. The topological polar surface area (TPSA) is 18.5 Å². The summed E-state index contributed by atoms with van der Waals surface area (Å²) in [4.78, 5) is 0. The van der Waals surface area contributed by atoms with Gasteiger partial charge >= 0.3 is 0 Å². The quantitative estimate of drug-likeness (QED) is 0.0431. The van der Waals surface area contributed by atoms with Crippen LogP contribution in [-0.2, 0) is 8.85 Å². The standard InChI is InChI=1S/C64H72O2PSi2/c1-8-54(65-68(63(2,3)4,59-45-27-13-28-46-59)60-47-29-14-30-48-60)36-18-9-19-37-55(66-69(64(5,6)7,61-49-31-15-32-50-61)62-51-33-16-34-52-62)38-20-17-35-53-67(56-39-21-10-22-40-56,57-41-23-11-24-42-57)58-43-25-12-26-44-58/h9-36,38-52,54-55H,8,37,53H2,1-7H3/q+1/b19-9-,35-17+,36-18+,38-20+/t54-,55-/m1/s1. The lowest BCUT2D eigenvalue weighted by atomic mass is 10.2. The van der Waals surface area contributed by atoms with E-state index in [9.17, 15) is 0 Å². The van der Waals surface area contributed by atoms with Crippen molar-refractivity contribution in [1.82, 2.24) is 0 Å². The minimum Gasteiger partial charge on any atom is -0.401 e. The molecule has 0 N–H and O–H groups in total. The molecule has 2 atom stereocenters. The first kappa shape index (κ1) is 51.1. The van der Waals surface area contributed by atoms with Gasteiger partial charge in [0.15, 0.2) is 0 Å². The van der Waals surface area contributed by atoms with Gasteiger partial charge in [-0.2, -0.15) is 0 Å². The normalized spacial score (nSPS) is 14.0. The van der Waals surface area contributed by atoms with Crippen LogP contribution >= 0.6 is 7.26 Å². The van der Waals surface area contributed by atoms with Crippen LogP contribution in [0.3, 0.4) is 0 Å². The highest BCUT2D eigenvalue weighted by Crippen LogP contribution is 2.55. The van der Waals surface area contributed by atoms with Crippen LogP contribution in [0.15, 0.2) is 261 Å². The van der Waals surface area contributed by atoms with Crippen molar-refractivity contribution >= 4 is 60.6 Å². The van der Waals surface area contributed by atoms with E-state index in [1.807, 2.05) is 0 Å². The molecule has 0 heterocycles. The summed E-state index contributed by atoms with van der Waals surface area (Å²) in [6.07, 6.45) is 20.3. The molecule has 0 saturated heterocycles. The highest BCUT2D eigenvalue weighted by molar-refractivity contribution is 7.95. The number of hydrogen-bond donors (Lipinski definition) is 0. The lowest BCUT2D eigenvalue weighted by molar-refractivity contribution is 0.229. The monoisotopic (exact) mass is 959 g/mol. The smallest absolute Gasteiger partial charge is 0.261 e. The third kappa shape index (κ3) is 11.7. The average molecular weight is 960 g/mol. The van der Waals surface area contributed by atoms with Gasteiger partial charge in [-0.15, -0.1) is 0 Å². The second-order valence-electron chi connectivity index (χ2n) is 19.9. The van der Waals surface area contributed by atoms with E-state index in [0.717, 1.165) is 12.6 Å². The molecule has 0 spiro atoms. The van der Waals surface area contributed by atoms with Crippen molar-refractivity contribution in [2.24, 2.45) is 0 Å². The number of hydrogen-bond acceptors (Lipinski definition) is 2. The van der Waals surface area contributed by atoms with Crippen LogP contribution in [0.5, 0.6) is 0 Å². The van der Waals surface area contributed by atoms with Crippen molar-refractivity contribution in [3.63, 3.8) is 0 Å². The molecule has 0 amide bonds. The third-order valence-corrected chi connectivity index (χ3v) is 27.8. The van der Waals surface area contributed by atoms with Crippen molar-refractivity contribution < 1.29 is 8.85 Å². The first-order valence-electron chi connectivity index (χ1n) is 24.7. The van der Waals surface area contributed by atoms with Crippen LogP contribution in [0.25, 0.3) is 0 Å². The molecule has 0 fully saturated rings. The zero-order valence-corrected chi connectivity index (χ0v) is 44.8. The Bertz CT molecular complexity index is 2530. The largest absolute Gasteiger partial charge is 0.401 e. The van der Waals surface area contributed by atoms with Crippen LogP contribution in [0, 0.1) is 0 Å². The van der Waals surface area contributed by atoms with Gasteiger partial charge in [-0.3, -0.25) is 0 Å². The summed E-state index contributed by atoms with van der Waals surface area (Å²) in [6.45, 7) is 16.3. The van der Waals surface area contributed by atoms with E-state index in [0.29, 0.717) is 6.42 Å². The van der Waals surface area contributed by atoms with E-state index in [1.54, 1.807) is 0 Å². The van der Waals surface area contributed by atoms with Crippen molar-refractivity contribution in [3.8, 4) is 0 Å². The second-order valence-corrected chi connectivity index (χ2v) is 31.9. The highest BCUT2D eigenvalue weighted by atomic mass is 31.2. The maximum Gasteiger partial charge on any atom is 0.261 e. The van der Waals surface area contributed by atoms with Gasteiger partial charge in [-0.05, 0) is 86.1 Å². The van der Waals surface area contributed by atoms with Crippen molar-refractivity contribution in [2.75, 3.05) is 6.16 Å². The van der Waals surface area contributed by atoms with Gasteiger partial charge in [-0.25, -0.2) is 0 Å². The van der Waals surface area contributed by atoms with Gasteiger partial charge < -0.3 is 8.85 Å². The van der Waals surface area contributed by atoms with Crippen LogP contribution in [0.1, 0.15) is 61.3 Å². The molecule has 0 aliphatic carbocycles. The summed E-state index contributed by atoms with van der Waals surface area (Å²) in [5.41, 5.74) is 0. The van der Waals surface area contributed by atoms with Crippen LogP contribution in [-0.4, -0.2) is 35.0 Å². The number of benzene rings is 7. The van der Waals surface area contributed by atoms with E-state index in [2.05, 4.69) is 309 Å². The average Bonchev–Trinajstić information content (AvgIpc) is 3.38. The molecular formula is C64H72O2PSi2+. The second kappa shape index (κ2) is 23.7. The van der Waals surface area contributed by atoms with Crippen LogP contribution in [0.2, 0.25) is 10.1 Å². The maximum absolute atomic E-state index is 7.81. The molecular weight excluding hydrogens is 888 g/mol. The molecule has 0 aromatic heterocycles. The molecule has 7 aromatic carbocycles. The summed E-state index contributed by atoms with van der Waals surface area (Å²) >= 11 is 0. The van der Waals surface area contributed by atoms with Crippen molar-refractivity contribution in [1.29, 1.82) is 0 Å². The Kier molecular flexibility index (Phi) is 17.6. The maximum atomic E-state index is 7.81. The minimum atomic E-state index is -2.88. The summed E-state index contributed by atoms with van der Waals surface area (Å²) in [6, 6.07) is 77.2. The molecule has 0 aliphatic rings. The lowest BCUT2D eigenvalue weighted by Gasteiger charge is -2.44. The summed E-state index contributed by atoms with van der Waals surface area (Å²) in [5, 5.41) is 9.00. The molecule has 0 radical (unpaired) electrons. The Labute approximate surface area is 417 Å². The third-order valence-electron chi connectivity index (χ3n) is 13.4. The van der Waals surface area contributed by atoms with Gasteiger partial charge in [0.25, 0.3) is 16.6 Å². The van der Waals surface area contributed by atoms with Gasteiger partial charge in [0.05, 0.1) is 18.4 Å². The highest BCUT2D eigenvalue weighted by Gasteiger charge is 2.52. The summed E-state index contributed by atoms with van der Waals surface area (Å²) < 4.78 is 15.3. The number of rotatable bonds is 20. The number of allylic oxidation sites excluding steroid dienone is 5. The minimum absolute atomic E-state index is 0.0623. The molecule has 352 valence electrons. The van der Waals surface area contributed by atoms with Gasteiger partial charge in [0.1, 0.15) is 23.2 Å². The first-order valence-corrected chi connectivity index (χ1v) is 30.5. The predicted molar refractivity (Wildman–Crippen MR) is 306 cm³/mol. The predicted octanol–water partition coefficient (Wildman–Crippen LogP) is 12.9. The van der Waals surface area contributed by atoms with Crippen molar-refractivity contribution in [2.45, 2.75) is 83.6 Å². The van der Waals surface area contributed by atoms with Gasteiger partial charge in [0, 0.05) is 0 Å². The van der Waals surface area contributed by atoms with E-state index >= 15 is 0 Å². The molecule has 0 unspecified atom stereocenters. The summed E-state index contributed by atoms with van der Waals surface area (Å²) in [5.74, 6) is 0. The zero-order valence-electron chi connectivity index (χ0n) is 41.9. The van der Waals surface area contributed by atoms with Gasteiger partial charge in [-0.1, -0.05) is 267 Å². The van der Waals surface area contributed by atoms with E-state index in [-0.39, 0.29) is 22.3 Å². The SMILES string of the molecule is CC[C@H](/C=C/C=C\C[C@H](/C=C/C=C/C[P+](c1ccccc1)(c1ccccc1)c1ccccc1)O[Si](c1ccccc1)(c1ccccc1)C(C)(C)C)O[Si](c1ccccc1)(c1ccccc1)C(C)(C)C. The fourth-order valence-corrected chi connectivity index (χ4v) is 23.4. The Hall–Kier alpha value is -5.72. The molecule has 5 heteroatoms. The molecule has 7 aromatic rings. The Morgan fingerprint density at radius 1 is 0.391 bits per heavy atom. The van der Waals surface area contributed by atoms with E-state index in [4.69, 9.17) is 8.85 Å². The van der Waals surface area contributed by atoms with Crippen LogP contribution in [0.4, 0.5) is 0 Å². The Morgan fingerprint density at radius 2 is 0.681 bits per heavy atom. The Morgan fingerprint density at radius 3 is 1.00 bits per heavy atom. The molecule has 2 nitrogen and oxygen atoms in total. The van der Waals surface area contributed by atoms with Crippen molar-refractivity contribution in [3.05, 3.63) is 261 Å². The van der Waals surface area contributed by atoms with Gasteiger partial charge in [0.2, 0.25) is 0 Å².